The molecule has 1 N–H and O–H groups in total. The monoisotopic (exact) mass is 353 g/mol. The molecule has 0 unspecified atom stereocenters. The van der Waals surface area contributed by atoms with Crippen molar-refractivity contribution in [2.45, 2.75) is 43.5 Å². The minimum atomic E-state index is -2.09. The van der Waals surface area contributed by atoms with Gasteiger partial charge in [0.25, 0.3) is 0 Å². The van der Waals surface area contributed by atoms with E-state index in [4.69, 9.17) is 0 Å². The van der Waals surface area contributed by atoms with E-state index in [2.05, 4.69) is 46.2 Å². The average molecular weight is 352 g/mol. The molecule has 0 atom stereocenters. The molecule has 7 heteroatoms. The molecule has 2 aromatic heterocycles. The maximum atomic E-state index is 4.46. The fraction of sp³-hybridized carbons (Fsp3) is 0.538. The van der Waals surface area contributed by atoms with E-state index in [1.807, 2.05) is 19.3 Å². The summed E-state index contributed by atoms with van der Waals surface area (Å²) in [7, 11) is 0. The third kappa shape index (κ3) is 3.01. The molecule has 0 radical (unpaired) electrons. The summed E-state index contributed by atoms with van der Waals surface area (Å²) in [6, 6.07) is 0. The number of aromatic amines is 1. The Balaban J connectivity index is 2.31. The van der Waals surface area contributed by atoms with Crippen LogP contribution in [0.5, 0.6) is 0 Å². The van der Waals surface area contributed by atoms with E-state index in [0.29, 0.717) is 0 Å². The van der Waals surface area contributed by atoms with Crippen LogP contribution in [0.25, 0.3) is 0 Å². The Morgan fingerprint density at radius 3 is 2.50 bits per heavy atom. The van der Waals surface area contributed by atoms with Gasteiger partial charge in [-0.3, -0.25) is 0 Å². The van der Waals surface area contributed by atoms with Gasteiger partial charge in [-0.25, -0.2) is 0 Å². The molecule has 0 amide bonds. The van der Waals surface area contributed by atoms with Crippen molar-refractivity contribution in [1.29, 1.82) is 0 Å². The molecule has 5 nitrogen and oxygen atoms in total. The molecule has 0 fully saturated rings. The van der Waals surface area contributed by atoms with Crippen LogP contribution in [0.2, 0.25) is 15.8 Å². The Kier molecular flexibility index (Phi) is 5.09. The summed E-state index contributed by atoms with van der Waals surface area (Å²) in [4.78, 5) is 9.85. The number of nitrogens with one attached hydrogen (secondary N) is 1. The normalized spacial score (nSPS) is 12.4. The summed E-state index contributed by atoms with van der Waals surface area (Å²) in [6.07, 6.45) is 3.66. The zero-order valence-corrected chi connectivity index (χ0v) is 15.4. The molecular formula is C13H21GeN5S. The fourth-order valence-electron chi connectivity index (χ4n) is 2.49. The number of rotatable bonds is 6. The van der Waals surface area contributed by atoms with Gasteiger partial charge in [-0.05, 0) is 0 Å². The van der Waals surface area contributed by atoms with Gasteiger partial charge in [0.1, 0.15) is 0 Å². The number of aryl methyl sites for hydroxylation is 1. The Morgan fingerprint density at radius 2 is 1.95 bits per heavy atom. The second kappa shape index (κ2) is 6.62. The van der Waals surface area contributed by atoms with Crippen molar-refractivity contribution >= 4 is 40.5 Å². The number of H-pyrrole nitrogens is 1. The molecule has 2 aromatic rings. The van der Waals surface area contributed by atoms with Crippen LogP contribution in [-0.2, 0) is 0 Å². The van der Waals surface area contributed by atoms with E-state index in [1.54, 1.807) is 11.3 Å². The first-order valence-corrected chi connectivity index (χ1v) is 13.3. The van der Waals surface area contributed by atoms with Crippen molar-refractivity contribution in [1.82, 2.24) is 20.4 Å². The van der Waals surface area contributed by atoms with E-state index in [-0.39, 0.29) is 0 Å². The molecule has 108 valence electrons. The molecule has 20 heavy (non-hydrogen) atoms. The topological polar surface area (TPSA) is 66.8 Å². The van der Waals surface area contributed by atoms with Gasteiger partial charge in [0, 0.05) is 0 Å². The van der Waals surface area contributed by atoms with Gasteiger partial charge in [-0.15, -0.1) is 0 Å². The molecule has 0 aliphatic rings. The third-order valence-electron chi connectivity index (χ3n) is 4.01. The quantitative estimate of drug-likeness (QED) is 0.642. The predicted molar refractivity (Wildman–Crippen MR) is 87.3 cm³/mol. The Labute approximate surface area is 126 Å². The third-order valence-corrected chi connectivity index (χ3v) is 16.2. The summed E-state index contributed by atoms with van der Waals surface area (Å²) in [5.74, 6) is 0. The van der Waals surface area contributed by atoms with E-state index in [9.17, 15) is 0 Å². The van der Waals surface area contributed by atoms with E-state index >= 15 is 0 Å². The van der Waals surface area contributed by atoms with Crippen LogP contribution in [0.4, 0.5) is 5.13 Å². The first kappa shape index (κ1) is 15.4. The van der Waals surface area contributed by atoms with E-state index < -0.39 is 13.3 Å². The van der Waals surface area contributed by atoms with Crippen LogP contribution in [0.1, 0.15) is 31.3 Å². The van der Waals surface area contributed by atoms with Crippen LogP contribution in [-0.4, -0.2) is 39.9 Å². The number of aromatic nitrogens is 4. The van der Waals surface area contributed by atoms with Crippen molar-refractivity contribution in [3.05, 3.63) is 16.8 Å². The standard InChI is InChI=1S/C13H21GeN5S/c1-5-14(6-2,7-3)12-11(17-19-18-12)9-16-13-15-8-10(4)20-13/h8-9H,5-7H2,1-4H3,(H,17,18,19)/b16-9+. The molecule has 0 aliphatic heterocycles. The first-order valence-electron chi connectivity index (χ1n) is 7.03. The second-order valence-corrected chi connectivity index (χ2v) is 16.9. The van der Waals surface area contributed by atoms with Gasteiger partial charge in [-0.2, -0.15) is 0 Å². The van der Waals surface area contributed by atoms with Crippen LogP contribution < -0.4 is 4.53 Å². The van der Waals surface area contributed by atoms with Crippen LogP contribution >= 0.6 is 11.3 Å². The summed E-state index contributed by atoms with van der Waals surface area (Å²) in [6.45, 7) is 8.89. The zero-order valence-electron chi connectivity index (χ0n) is 12.5. The average Bonchev–Trinajstić information content (AvgIpc) is 3.09. The number of hydrogen-bond donors (Lipinski definition) is 1. The molecule has 0 aliphatic carbocycles. The van der Waals surface area contributed by atoms with Gasteiger partial charge in [0.05, 0.1) is 0 Å². The zero-order chi connectivity index (χ0) is 14.6. The van der Waals surface area contributed by atoms with Crippen molar-refractivity contribution in [2.75, 3.05) is 0 Å². The Morgan fingerprint density at radius 1 is 1.25 bits per heavy atom. The SMILES string of the molecule is C[CH2][Ge]([CH2]C)([CH2]C)[c]1n[nH]nc1/C=N/c1ncc(C)s1. The summed E-state index contributed by atoms with van der Waals surface area (Å²) >= 11 is -0.507. The molecule has 0 spiro atoms. The number of nitrogens with zero attached hydrogens (tertiary/aromatic N) is 4. The molecule has 2 heterocycles. The van der Waals surface area contributed by atoms with Gasteiger partial charge in [0.2, 0.25) is 0 Å². The van der Waals surface area contributed by atoms with Gasteiger partial charge in [0.15, 0.2) is 0 Å². The fourth-order valence-corrected chi connectivity index (χ4v) is 10.3. The van der Waals surface area contributed by atoms with Crippen LogP contribution in [0.3, 0.4) is 0 Å². The van der Waals surface area contributed by atoms with Gasteiger partial charge in [-0.1, -0.05) is 0 Å². The van der Waals surface area contributed by atoms with Crippen LogP contribution in [0, 0.1) is 6.92 Å². The molecule has 0 saturated heterocycles. The minimum absolute atomic E-state index is 0.777. The number of thiazole rings is 1. The Hall–Kier alpha value is -1.02. The van der Waals surface area contributed by atoms with E-state index in [0.717, 1.165) is 10.8 Å². The molecule has 0 bridgehead atoms. The second-order valence-electron chi connectivity index (χ2n) is 4.91. The summed E-state index contributed by atoms with van der Waals surface area (Å²) in [5.41, 5.74) is 0.906. The van der Waals surface area contributed by atoms with Crippen molar-refractivity contribution in [2.24, 2.45) is 4.99 Å². The van der Waals surface area contributed by atoms with Crippen molar-refractivity contribution in [3.63, 3.8) is 0 Å². The molecule has 2 rings (SSSR count). The number of hydrogen-bond acceptors (Lipinski definition) is 5. The van der Waals surface area contributed by atoms with Gasteiger partial charge < -0.3 is 0 Å². The Bertz CT molecular complexity index is 577. The molecule has 0 saturated carbocycles. The predicted octanol–water partition coefficient (Wildman–Crippen LogP) is 3.04. The van der Waals surface area contributed by atoms with Crippen molar-refractivity contribution < 1.29 is 0 Å². The molecular weight excluding hydrogens is 331 g/mol. The summed E-state index contributed by atoms with van der Waals surface area (Å²) in [5, 5.41) is 16.0. The van der Waals surface area contributed by atoms with Crippen LogP contribution in [0.15, 0.2) is 11.2 Å². The van der Waals surface area contributed by atoms with Gasteiger partial charge >= 0.3 is 126 Å². The van der Waals surface area contributed by atoms with Crippen molar-refractivity contribution in [3.8, 4) is 0 Å². The molecule has 0 aromatic carbocycles. The summed E-state index contributed by atoms with van der Waals surface area (Å²) < 4.78 is 1.20. The first-order chi connectivity index (χ1) is 9.65. The maximum absolute atomic E-state index is 4.46. The number of aliphatic imine (C=N–C) groups is 1. The van der Waals surface area contributed by atoms with E-state index in [1.165, 1.54) is 25.2 Å².